The highest BCUT2D eigenvalue weighted by Crippen LogP contribution is 2.41. The van der Waals surface area contributed by atoms with Gasteiger partial charge in [0.25, 0.3) is 5.91 Å². The van der Waals surface area contributed by atoms with Gasteiger partial charge in [0.15, 0.2) is 0 Å². The first-order chi connectivity index (χ1) is 10.5. The van der Waals surface area contributed by atoms with Crippen LogP contribution in [0, 0.1) is 0 Å². The lowest BCUT2D eigenvalue weighted by Gasteiger charge is -2.48. The summed E-state index contributed by atoms with van der Waals surface area (Å²) in [5, 5.41) is 13.4. The Morgan fingerprint density at radius 3 is 2.91 bits per heavy atom. The lowest BCUT2D eigenvalue weighted by atomic mass is 10.0. The van der Waals surface area contributed by atoms with E-state index in [1.165, 1.54) is 23.1 Å². The fourth-order valence-corrected chi connectivity index (χ4v) is 4.63. The lowest BCUT2D eigenvalue weighted by molar-refractivity contribution is -0.150. The van der Waals surface area contributed by atoms with Crippen LogP contribution in [0.4, 0.5) is 0 Å². The Balaban J connectivity index is 1.68. The molecule has 0 aliphatic carbocycles. The van der Waals surface area contributed by atoms with Gasteiger partial charge in [0.05, 0.1) is 11.5 Å². The zero-order chi connectivity index (χ0) is 15.9. The van der Waals surface area contributed by atoms with Gasteiger partial charge in [-0.25, -0.2) is 4.79 Å². The molecule has 2 amide bonds. The molecular formula is C13H11ClN2O4S2. The van der Waals surface area contributed by atoms with E-state index in [-0.39, 0.29) is 23.1 Å². The summed E-state index contributed by atoms with van der Waals surface area (Å²) >= 11 is 8.70. The summed E-state index contributed by atoms with van der Waals surface area (Å²) < 4.78 is 0. The number of thiophene rings is 1. The van der Waals surface area contributed by atoms with Crippen LogP contribution in [0.2, 0.25) is 0 Å². The van der Waals surface area contributed by atoms with E-state index < -0.39 is 23.3 Å². The van der Waals surface area contributed by atoms with E-state index >= 15 is 0 Å². The van der Waals surface area contributed by atoms with Crippen molar-refractivity contribution in [2.75, 3.05) is 5.75 Å². The summed E-state index contributed by atoms with van der Waals surface area (Å²) in [6, 6.07) is 3.00. The van der Waals surface area contributed by atoms with Crippen LogP contribution in [0.3, 0.4) is 0 Å². The van der Waals surface area contributed by atoms with E-state index in [0.717, 1.165) is 9.78 Å². The van der Waals surface area contributed by atoms with Gasteiger partial charge in [-0.15, -0.1) is 23.1 Å². The fraction of sp³-hybridized carbons (Fsp3) is 0.308. The van der Waals surface area contributed by atoms with Crippen molar-refractivity contribution in [1.29, 1.82) is 0 Å². The average Bonchev–Trinajstić information content (AvgIpc) is 2.97. The van der Waals surface area contributed by atoms with E-state index in [0.29, 0.717) is 5.75 Å². The highest BCUT2D eigenvalue weighted by molar-refractivity contribution is 8.00. The number of aliphatic carboxylic acids is 1. The molecule has 2 aliphatic heterocycles. The first-order valence-corrected chi connectivity index (χ1v) is 8.68. The van der Waals surface area contributed by atoms with E-state index in [9.17, 15) is 14.4 Å². The molecule has 1 aromatic rings. The van der Waals surface area contributed by atoms with E-state index in [4.69, 9.17) is 16.7 Å². The molecule has 1 fully saturated rings. The summed E-state index contributed by atoms with van der Waals surface area (Å²) in [5.41, 5.74) is -0.181. The van der Waals surface area contributed by atoms with Crippen LogP contribution in [-0.4, -0.2) is 45.0 Å². The van der Waals surface area contributed by atoms with Gasteiger partial charge in [0.2, 0.25) is 5.91 Å². The Kier molecular flexibility index (Phi) is 4.16. The lowest BCUT2D eigenvalue weighted by Crippen LogP contribution is -2.70. The maximum Gasteiger partial charge on any atom is 0.353 e. The predicted molar refractivity (Wildman–Crippen MR) is 83.6 cm³/mol. The van der Waals surface area contributed by atoms with Gasteiger partial charge in [0.1, 0.15) is 17.1 Å². The van der Waals surface area contributed by atoms with Gasteiger partial charge in [-0.2, -0.15) is 0 Å². The minimum atomic E-state index is -1.23. The van der Waals surface area contributed by atoms with Crippen LogP contribution < -0.4 is 5.32 Å². The maximum absolute atomic E-state index is 12.1. The molecule has 3 heterocycles. The summed E-state index contributed by atoms with van der Waals surface area (Å²) in [4.78, 5) is 37.4. The third kappa shape index (κ3) is 2.62. The Bertz CT molecular complexity index is 674. The number of β-lactam (4-membered cyclic amide) rings is 1. The number of carbonyl (C=O) groups excluding carboxylic acids is 2. The van der Waals surface area contributed by atoms with Gasteiger partial charge in [-0.05, 0) is 11.4 Å². The van der Waals surface area contributed by atoms with Crippen LogP contribution in [-0.2, 0) is 20.8 Å². The molecule has 2 aliphatic rings. The standard InChI is InChI=1S/C13H11ClN2O4S2/c14-7-5-22-12-9(11(18)16(12)10(7)13(19)20)15-8(17)4-6-2-1-3-21-6/h1-3,9,12H,4-5H2,(H,15,17)(H,19,20)/t9-,12?/m1/s1. The fourth-order valence-electron chi connectivity index (χ4n) is 2.38. The number of fused-ring (bicyclic) bond motifs is 1. The summed E-state index contributed by atoms with van der Waals surface area (Å²) in [6.07, 6.45) is 0.210. The van der Waals surface area contributed by atoms with Gasteiger partial charge in [-0.1, -0.05) is 17.7 Å². The minimum Gasteiger partial charge on any atom is -0.477 e. The molecule has 2 N–H and O–H groups in total. The summed E-state index contributed by atoms with van der Waals surface area (Å²) in [7, 11) is 0. The molecule has 2 atom stereocenters. The number of rotatable bonds is 4. The zero-order valence-electron chi connectivity index (χ0n) is 11.1. The molecule has 1 unspecified atom stereocenters. The molecule has 0 spiro atoms. The molecule has 0 saturated carbocycles. The second-order valence-corrected chi connectivity index (χ2v) is 7.36. The third-order valence-corrected chi connectivity index (χ3v) is 5.98. The Hall–Kier alpha value is -1.51. The van der Waals surface area contributed by atoms with Crippen LogP contribution in [0.25, 0.3) is 0 Å². The van der Waals surface area contributed by atoms with Crippen molar-refractivity contribution in [1.82, 2.24) is 10.2 Å². The van der Waals surface area contributed by atoms with Crippen molar-refractivity contribution in [3.05, 3.63) is 33.1 Å². The number of halogens is 1. The van der Waals surface area contributed by atoms with Gasteiger partial charge >= 0.3 is 5.97 Å². The highest BCUT2D eigenvalue weighted by atomic mass is 35.5. The molecule has 22 heavy (non-hydrogen) atoms. The number of carbonyl (C=O) groups is 3. The molecule has 6 nitrogen and oxygen atoms in total. The molecule has 0 bridgehead atoms. The van der Waals surface area contributed by atoms with Crippen molar-refractivity contribution in [2.45, 2.75) is 17.8 Å². The Labute approximate surface area is 139 Å². The first kappa shape index (κ1) is 15.4. The monoisotopic (exact) mass is 358 g/mol. The molecule has 9 heteroatoms. The molecule has 3 rings (SSSR count). The highest BCUT2D eigenvalue weighted by Gasteiger charge is 2.54. The Morgan fingerprint density at radius 1 is 1.50 bits per heavy atom. The van der Waals surface area contributed by atoms with Gasteiger partial charge in [0, 0.05) is 10.6 Å². The van der Waals surface area contributed by atoms with Crippen LogP contribution in [0.1, 0.15) is 4.88 Å². The predicted octanol–water partition coefficient (Wildman–Crippen LogP) is 1.23. The average molecular weight is 359 g/mol. The van der Waals surface area contributed by atoms with Crippen molar-refractivity contribution >= 4 is 52.5 Å². The SMILES string of the molecule is O=C(Cc1cccs1)N[C@@H]1C(=O)N2C(C(=O)O)=C(Cl)CSC12. The van der Waals surface area contributed by atoms with Crippen molar-refractivity contribution in [2.24, 2.45) is 0 Å². The number of thioether (sulfide) groups is 1. The largest absolute Gasteiger partial charge is 0.477 e. The number of carboxylic acids is 1. The number of nitrogens with one attached hydrogen (secondary N) is 1. The van der Waals surface area contributed by atoms with Crippen molar-refractivity contribution in [3.8, 4) is 0 Å². The summed E-state index contributed by atoms with van der Waals surface area (Å²) in [6.45, 7) is 0. The number of amides is 2. The van der Waals surface area contributed by atoms with E-state index in [1.807, 2.05) is 17.5 Å². The normalized spacial score (nSPS) is 23.9. The van der Waals surface area contributed by atoms with Gasteiger partial charge in [-0.3, -0.25) is 14.5 Å². The number of hydrogen-bond donors (Lipinski definition) is 2. The van der Waals surface area contributed by atoms with Crippen molar-refractivity contribution < 1.29 is 19.5 Å². The van der Waals surface area contributed by atoms with E-state index in [2.05, 4.69) is 5.32 Å². The summed E-state index contributed by atoms with van der Waals surface area (Å²) in [5.74, 6) is -1.60. The minimum absolute atomic E-state index is 0.144. The van der Waals surface area contributed by atoms with Crippen molar-refractivity contribution in [3.63, 3.8) is 0 Å². The maximum atomic E-state index is 12.1. The number of nitrogens with zero attached hydrogens (tertiary/aromatic N) is 1. The molecule has 116 valence electrons. The third-order valence-electron chi connectivity index (χ3n) is 3.36. The van der Waals surface area contributed by atoms with Gasteiger partial charge < -0.3 is 10.4 Å². The quantitative estimate of drug-likeness (QED) is 0.790. The smallest absolute Gasteiger partial charge is 0.353 e. The number of carboxylic acid groups (broad SMARTS) is 1. The molecule has 1 aromatic heterocycles. The molecular weight excluding hydrogens is 348 g/mol. The zero-order valence-corrected chi connectivity index (χ0v) is 13.5. The number of hydrogen-bond acceptors (Lipinski definition) is 5. The van der Waals surface area contributed by atoms with Crippen LogP contribution in [0.5, 0.6) is 0 Å². The second-order valence-electron chi connectivity index (χ2n) is 4.77. The second kappa shape index (κ2) is 5.94. The topological polar surface area (TPSA) is 86.7 Å². The molecule has 0 radical (unpaired) electrons. The molecule has 1 saturated heterocycles. The van der Waals surface area contributed by atoms with Crippen LogP contribution >= 0.6 is 34.7 Å². The van der Waals surface area contributed by atoms with Crippen LogP contribution in [0.15, 0.2) is 28.2 Å². The van der Waals surface area contributed by atoms with E-state index in [1.54, 1.807) is 0 Å². The first-order valence-electron chi connectivity index (χ1n) is 6.37. The Morgan fingerprint density at radius 2 is 2.27 bits per heavy atom. The molecule has 0 aromatic carbocycles.